The second-order valence-electron chi connectivity index (χ2n) is 6.21. The molecular formula is C16H22N2O3. The summed E-state index contributed by atoms with van der Waals surface area (Å²) in [6, 6.07) is 4.99. The SMILES string of the molecule is Cc1cccc(C)c1NC(=O)N(C)[C@H]1CC(C)(C)OC1=O. The van der Waals surface area contributed by atoms with Crippen molar-refractivity contribution in [3.05, 3.63) is 29.3 Å². The molecule has 1 fully saturated rings. The van der Waals surface area contributed by atoms with Crippen LogP contribution in [0.2, 0.25) is 0 Å². The van der Waals surface area contributed by atoms with E-state index in [1.165, 1.54) is 4.90 Å². The van der Waals surface area contributed by atoms with Crippen LogP contribution in [0.25, 0.3) is 0 Å². The maximum Gasteiger partial charge on any atom is 0.329 e. The van der Waals surface area contributed by atoms with Crippen LogP contribution >= 0.6 is 0 Å². The number of anilines is 1. The van der Waals surface area contributed by atoms with E-state index >= 15 is 0 Å². The lowest BCUT2D eigenvalue weighted by Crippen LogP contribution is -2.42. The monoisotopic (exact) mass is 290 g/mol. The van der Waals surface area contributed by atoms with Crippen LogP contribution in [0, 0.1) is 13.8 Å². The Morgan fingerprint density at radius 3 is 2.38 bits per heavy atom. The minimum Gasteiger partial charge on any atom is -0.458 e. The topological polar surface area (TPSA) is 58.6 Å². The van der Waals surface area contributed by atoms with E-state index in [9.17, 15) is 9.59 Å². The van der Waals surface area contributed by atoms with Crippen LogP contribution in [0.5, 0.6) is 0 Å². The minimum atomic E-state index is -0.538. The Hall–Kier alpha value is -2.04. The first-order valence-corrected chi connectivity index (χ1v) is 7.04. The highest BCUT2D eigenvalue weighted by Crippen LogP contribution is 2.29. The smallest absolute Gasteiger partial charge is 0.329 e. The van der Waals surface area contributed by atoms with Crippen molar-refractivity contribution >= 4 is 17.7 Å². The Morgan fingerprint density at radius 1 is 1.33 bits per heavy atom. The first-order valence-electron chi connectivity index (χ1n) is 7.04. The zero-order valence-electron chi connectivity index (χ0n) is 13.2. The Labute approximate surface area is 125 Å². The van der Waals surface area contributed by atoms with Crippen LogP contribution in [-0.4, -0.2) is 35.6 Å². The van der Waals surface area contributed by atoms with Gasteiger partial charge in [-0.2, -0.15) is 0 Å². The third kappa shape index (κ3) is 3.17. The summed E-state index contributed by atoms with van der Waals surface area (Å²) >= 11 is 0. The number of ether oxygens (including phenoxy) is 1. The maximum atomic E-state index is 12.4. The summed E-state index contributed by atoms with van der Waals surface area (Å²) in [6.45, 7) is 7.58. The molecular weight excluding hydrogens is 268 g/mol. The van der Waals surface area contributed by atoms with E-state index in [-0.39, 0.29) is 12.0 Å². The number of likely N-dealkylation sites (N-methyl/N-ethyl adjacent to an activating group) is 1. The minimum absolute atomic E-state index is 0.299. The summed E-state index contributed by atoms with van der Waals surface area (Å²) in [7, 11) is 1.62. The summed E-state index contributed by atoms with van der Waals surface area (Å²) in [5.74, 6) is -0.348. The summed E-state index contributed by atoms with van der Waals surface area (Å²) in [5.41, 5.74) is 2.26. The molecule has 0 radical (unpaired) electrons. The number of cyclic esters (lactones) is 1. The van der Waals surface area contributed by atoms with Gasteiger partial charge in [0, 0.05) is 19.2 Å². The van der Waals surface area contributed by atoms with Crippen molar-refractivity contribution in [2.24, 2.45) is 0 Å². The average molecular weight is 290 g/mol. The van der Waals surface area contributed by atoms with Crippen LogP contribution in [0.1, 0.15) is 31.4 Å². The van der Waals surface area contributed by atoms with Crippen LogP contribution in [0.3, 0.4) is 0 Å². The number of hydrogen-bond acceptors (Lipinski definition) is 3. The Bertz CT molecular complexity index is 561. The fraction of sp³-hybridized carbons (Fsp3) is 0.500. The van der Waals surface area contributed by atoms with Gasteiger partial charge in [0.15, 0.2) is 0 Å². The normalized spacial score (nSPS) is 20.0. The van der Waals surface area contributed by atoms with Gasteiger partial charge in [0.05, 0.1) is 0 Å². The molecule has 1 aromatic carbocycles. The number of aryl methyl sites for hydroxylation is 2. The Kier molecular flexibility index (Phi) is 3.94. The Balaban J connectivity index is 2.12. The predicted molar refractivity (Wildman–Crippen MR) is 81.3 cm³/mol. The summed E-state index contributed by atoms with van der Waals surface area (Å²) in [5, 5.41) is 2.88. The number of nitrogens with one attached hydrogen (secondary N) is 1. The number of hydrogen-bond donors (Lipinski definition) is 1. The molecule has 1 aromatic rings. The molecule has 2 rings (SSSR count). The molecule has 0 saturated carbocycles. The van der Waals surface area contributed by atoms with E-state index in [4.69, 9.17) is 4.74 Å². The van der Waals surface area contributed by atoms with Gasteiger partial charge in [0.1, 0.15) is 11.6 Å². The van der Waals surface area contributed by atoms with Gasteiger partial charge in [-0.3, -0.25) is 0 Å². The van der Waals surface area contributed by atoms with Gasteiger partial charge >= 0.3 is 12.0 Å². The first-order chi connectivity index (χ1) is 9.71. The fourth-order valence-electron chi connectivity index (χ4n) is 2.57. The number of para-hydroxylation sites is 1. The van der Waals surface area contributed by atoms with E-state index in [1.807, 2.05) is 45.9 Å². The van der Waals surface area contributed by atoms with Crippen molar-refractivity contribution in [1.29, 1.82) is 0 Å². The molecule has 0 spiro atoms. The second kappa shape index (κ2) is 5.39. The van der Waals surface area contributed by atoms with Crippen LogP contribution < -0.4 is 5.32 Å². The molecule has 0 aromatic heterocycles. The molecule has 5 nitrogen and oxygen atoms in total. The summed E-state index contributed by atoms with van der Waals surface area (Å²) in [6.07, 6.45) is 0.502. The molecule has 21 heavy (non-hydrogen) atoms. The van der Waals surface area contributed by atoms with Crippen LogP contribution in [-0.2, 0) is 9.53 Å². The number of carbonyl (C=O) groups excluding carboxylic acids is 2. The largest absolute Gasteiger partial charge is 0.458 e. The lowest BCUT2D eigenvalue weighted by molar-refractivity contribution is -0.148. The zero-order valence-corrected chi connectivity index (χ0v) is 13.2. The highest BCUT2D eigenvalue weighted by atomic mass is 16.6. The van der Waals surface area contributed by atoms with E-state index in [0.717, 1.165) is 16.8 Å². The molecule has 5 heteroatoms. The molecule has 0 unspecified atom stereocenters. The van der Waals surface area contributed by atoms with Crippen molar-refractivity contribution < 1.29 is 14.3 Å². The van der Waals surface area contributed by atoms with Gasteiger partial charge in [0.2, 0.25) is 0 Å². The average Bonchev–Trinajstić information content (AvgIpc) is 2.66. The fourth-order valence-corrected chi connectivity index (χ4v) is 2.57. The molecule has 2 amide bonds. The van der Waals surface area contributed by atoms with Crippen molar-refractivity contribution in [3.63, 3.8) is 0 Å². The van der Waals surface area contributed by atoms with Crippen molar-refractivity contribution in [2.75, 3.05) is 12.4 Å². The third-order valence-electron chi connectivity index (χ3n) is 3.83. The van der Waals surface area contributed by atoms with E-state index in [2.05, 4.69) is 5.32 Å². The van der Waals surface area contributed by atoms with E-state index in [1.54, 1.807) is 7.05 Å². The van der Waals surface area contributed by atoms with Gasteiger partial charge in [-0.15, -0.1) is 0 Å². The van der Waals surface area contributed by atoms with Gasteiger partial charge in [-0.05, 0) is 38.8 Å². The van der Waals surface area contributed by atoms with Crippen molar-refractivity contribution in [2.45, 2.75) is 45.8 Å². The molecule has 1 aliphatic rings. The quantitative estimate of drug-likeness (QED) is 0.852. The molecule has 0 bridgehead atoms. The molecule has 114 valence electrons. The standard InChI is InChI=1S/C16H22N2O3/c1-10-7-6-8-11(2)13(10)17-15(20)18(5)12-9-16(3,4)21-14(12)19/h6-8,12H,9H2,1-5H3,(H,17,20)/t12-/m0/s1. The molecule has 1 atom stereocenters. The number of rotatable bonds is 2. The molecule has 1 heterocycles. The lowest BCUT2D eigenvalue weighted by atomic mass is 10.0. The summed E-state index contributed by atoms with van der Waals surface area (Å²) in [4.78, 5) is 25.7. The first kappa shape index (κ1) is 15.4. The number of amides is 2. The van der Waals surface area contributed by atoms with Crippen molar-refractivity contribution in [3.8, 4) is 0 Å². The van der Waals surface area contributed by atoms with Gasteiger partial charge in [-0.25, -0.2) is 9.59 Å². The van der Waals surface area contributed by atoms with Gasteiger partial charge < -0.3 is 15.0 Å². The highest BCUT2D eigenvalue weighted by Gasteiger charge is 2.43. The van der Waals surface area contributed by atoms with Gasteiger partial charge in [-0.1, -0.05) is 18.2 Å². The predicted octanol–water partition coefficient (Wildman–Crippen LogP) is 2.86. The van der Waals surface area contributed by atoms with E-state index in [0.29, 0.717) is 6.42 Å². The number of benzene rings is 1. The summed E-state index contributed by atoms with van der Waals surface area (Å²) < 4.78 is 5.27. The number of esters is 1. The second-order valence-corrected chi connectivity index (χ2v) is 6.21. The number of nitrogens with zero attached hydrogens (tertiary/aromatic N) is 1. The maximum absolute atomic E-state index is 12.4. The highest BCUT2D eigenvalue weighted by molar-refractivity contribution is 5.94. The van der Waals surface area contributed by atoms with Crippen molar-refractivity contribution in [1.82, 2.24) is 4.90 Å². The molecule has 1 saturated heterocycles. The third-order valence-corrected chi connectivity index (χ3v) is 3.83. The number of urea groups is 1. The zero-order chi connectivity index (χ0) is 15.8. The van der Waals surface area contributed by atoms with E-state index < -0.39 is 11.6 Å². The molecule has 1 N–H and O–H groups in total. The Morgan fingerprint density at radius 2 is 1.90 bits per heavy atom. The van der Waals surface area contributed by atoms with Crippen LogP contribution in [0.4, 0.5) is 10.5 Å². The molecule has 0 aliphatic carbocycles. The molecule has 1 aliphatic heterocycles. The van der Waals surface area contributed by atoms with Gasteiger partial charge in [0.25, 0.3) is 0 Å². The van der Waals surface area contributed by atoms with Crippen LogP contribution in [0.15, 0.2) is 18.2 Å². The number of carbonyl (C=O) groups is 2. The lowest BCUT2D eigenvalue weighted by Gasteiger charge is -2.23.